The summed E-state index contributed by atoms with van der Waals surface area (Å²) >= 11 is 0. The van der Waals surface area contributed by atoms with Gasteiger partial charge in [0.25, 0.3) is 0 Å². The summed E-state index contributed by atoms with van der Waals surface area (Å²) in [6, 6.07) is 84.0. The van der Waals surface area contributed by atoms with E-state index in [4.69, 9.17) is 9.97 Å². The number of nitrogens with zero attached hydrogens (tertiary/aromatic N) is 3. The minimum Gasteiger partial charge on any atom is -0.310 e. The molecular weight excluding hydrogens is 739 g/mol. The Morgan fingerprint density at radius 3 is 1.31 bits per heavy atom. The largest absolute Gasteiger partial charge is 0.310 e. The Kier molecular flexibility index (Phi) is 9.18. The van der Waals surface area contributed by atoms with Crippen LogP contribution in [0.15, 0.2) is 237 Å². The highest BCUT2D eigenvalue weighted by atomic mass is 15.1. The predicted molar refractivity (Wildman–Crippen MR) is 256 cm³/mol. The van der Waals surface area contributed by atoms with Crippen molar-refractivity contribution in [2.45, 2.75) is 0 Å². The average molecular weight is 778 g/mol. The molecule has 10 aromatic carbocycles. The van der Waals surface area contributed by atoms with Gasteiger partial charge in [-0.05, 0) is 98.1 Å². The molecule has 286 valence electrons. The van der Waals surface area contributed by atoms with E-state index in [-0.39, 0.29) is 0 Å². The molecule has 0 aliphatic rings. The van der Waals surface area contributed by atoms with Crippen molar-refractivity contribution < 1.29 is 0 Å². The van der Waals surface area contributed by atoms with Gasteiger partial charge in [-0.3, -0.25) is 0 Å². The zero-order chi connectivity index (χ0) is 40.5. The number of rotatable bonds is 8. The summed E-state index contributed by atoms with van der Waals surface area (Å²) in [5.41, 5.74) is 15.9. The van der Waals surface area contributed by atoms with Crippen molar-refractivity contribution in [3.05, 3.63) is 237 Å². The van der Waals surface area contributed by atoms with E-state index in [9.17, 15) is 0 Å². The molecule has 0 aliphatic heterocycles. The van der Waals surface area contributed by atoms with Crippen LogP contribution in [-0.4, -0.2) is 9.97 Å². The summed E-state index contributed by atoms with van der Waals surface area (Å²) in [5, 5.41) is 4.57. The van der Waals surface area contributed by atoms with E-state index in [0.29, 0.717) is 0 Å². The zero-order valence-corrected chi connectivity index (χ0v) is 33.4. The van der Waals surface area contributed by atoms with Crippen LogP contribution < -0.4 is 4.90 Å². The van der Waals surface area contributed by atoms with Gasteiger partial charge in [0.1, 0.15) is 0 Å². The van der Waals surface area contributed by atoms with E-state index in [0.717, 1.165) is 77.9 Å². The second-order valence-corrected chi connectivity index (χ2v) is 15.4. The Morgan fingerprint density at radius 1 is 0.279 bits per heavy atom. The molecule has 11 rings (SSSR count). The summed E-state index contributed by atoms with van der Waals surface area (Å²) in [7, 11) is 0. The third-order valence-corrected chi connectivity index (χ3v) is 11.6. The van der Waals surface area contributed by atoms with Crippen molar-refractivity contribution in [2.24, 2.45) is 0 Å². The topological polar surface area (TPSA) is 29.0 Å². The molecule has 0 saturated carbocycles. The molecule has 3 heteroatoms. The third kappa shape index (κ3) is 6.88. The van der Waals surface area contributed by atoms with Crippen LogP contribution in [0.5, 0.6) is 0 Å². The van der Waals surface area contributed by atoms with Gasteiger partial charge < -0.3 is 4.90 Å². The first-order valence-corrected chi connectivity index (χ1v) is 20.7. The van der Waals surface area contributed by atoms with Gasteiger partial charge in [0, 0.05) is 33.6 Å². The molecule has 0 radical (unpaired) electrons. The molecule has 1 heterocycles. The van der Waals surface area contributed by atoms with E-state index in [1.807, 2.05) is 12.1 Å². The first kappa shape index (κ1) is 36.0. The second-order valence-electron chi connectivity index (χ2n) is 15.4. The predicted octanol–water partition coefficient (Wildman–Crippen LogP) is 15.7. The molecule has 3 nitrogen and oxygen atoms in total. The van der Waals surface area contributed by atoms with E-state index in [1.54, 1.807) is 0 Å². The van der Waals surface area contributed by atoms with Crippen molar-refractivity contribution in [2.75, 3.05) is 4.90 Å². The summed E-state index contributed by atoms with van der Waals surface area (Å²) in [5.74, 6) is 0. The Balaban J connectivity index is 1.02. The molecule has 0 saturated heterocycles. The quantitative estimate of drug-likeness (QED) is 0.144. The van der Waals surface area contributed by atoms with E-state index in [1.165, 1.54) is 27.6 Å². The number of hydrogen-bond acceptors (Lipinski definition) is 3. The standard InChI is InChI=1S/C58H39N3/c1-5-14-40(15-6-1)42-28-33-50(34-29-42)61(52-23-13-22-48(38-52)41-16-7-2-8-17-41)51-35-30-43(31-36-51)49-27-25-44-24-26-45-32-37-54-58(55(45)53(44)39-49)60-57(47-20-11-4-12-21-47)56(59-54)46-18-9-3-10-19-46/h1-39H. The molecule has 0 spiro atoms. The molecule has 61 heavy (non-hydrogen) atoms. The molecule has 0 aliphatic carbocycles. The highest BCUT2D eigenvalue weighted by Crippen LogP contribution is 2.40. The maximum absolute atomic E-state index is 5.47. The van der Waals surface area contributed by atoms with Crippen LogP contribution in [-0.2, 0) is 0 Å². The number of benzene rings is 10. The van der Waals surface area contributed by atoms with E-state index in [2.05, 4.69) is 229 Å². The van der Waals surface area contributed by atoms with Gasteiger partial charge in [-0.2, -0.15) is 0 Å². The van der Waals surface area contributed by atoms with Gasteiger partial charge in [-0.15, -0.1) is 0 Å². The van der Waals surface area contributed by atoms with Crippen molar-refractivity contribution in [1.29, 1.82) is 0 Å². The lowest BCUT2D eigenvalue weighted by atomic mass is 9.95. The average Bonchev–Trinajstić information content (AvgIpc) is 3.35. The molecule has 0 atom stereocenters. The fraction of sp³-hybridized carbons (Fsp3) is 0. The number of hydrogen-bond donors (Lipinski definition) is 0. The lowest BCUT2D eigenvalue weighted by Gasteiger charge is -2.26. The summed E-state index contributed by atoms with van der Waals surface area (Å²) in [6.45, 7) is 0. The van der Waals surface area contributed by atoms with Gasteiger partial charge in [0.15, 0.2) is 0 Å². The Labute approximate surface area is 355 Å². The Hall–Kier alpha value is -8.14. The minimum atomic E-state index is 0.876. The normalized spacial score (nSPS) is 11.3. The lowest BCUT2D eigenvalue weighted by Crippen LogP contribution is -2.10. The van der Waals surface area contributed by atoms with Crippen LogP contribution >= 0.6 is 0 Å². The van der Waals surface area contributed by atoms with Crippen molar-refractivity contribution in [3.63, 3.8) is 0 Å². The van der Waals surface area contributed by atoms with Crippen molar-refractivity contribution in [1.82, 2.24) is 9.97 Å². The molecule has 0 fully saturated rings. The van der Waals surface area contributed by atoms with Gasteiger partial charge in [0.2, 0.25) is 0 Å². The fourth-order valence-corrected chi connectivity index (χ4v) is 8.57. The Bertz CT molecular complexity index is 3310. The van der Waals surface area contributed by atoms with Crippen LogP contribution in [0.3, 0.4) is 0 Å². The molecule has 0 bridgehead atoms. The van der Waals surface area contributed by atoms with E-state index < -0.39 is 0 Å². The highest BCUT2D eigenvalue weighted by molar-refractivity contribution is 6.19. The molecule has 11 aromatic rings. The lowest BCUT2D eigenvalue weighted by molar-refractivity contribution is 1.28. The maximum Gasteiger partial charge on any atom is 0.0979 e. The molecular formula is C58H39N3. The number of fused-ring (bicyclic) bond motifs is 5. The van der Waals surface area contributed by atoms with Crippen LogP contribution in [0.4, 0.5) is 17.1 Å². The smallest absolute Gasteiger partial charge is 0.0979 e. The van der Waals surface area contributed by atoms with Gasteiger partial charge >= 0.3 is 0 Å². The first-order chi connectivity index (χ1) is 30.2. The summed E-state index contributed by atoms with van der Waals surface area (Å²) < 4.78 is 0. The van der Waals surface area contributed by atoms with Crippen molar-refractivity contribution >= 4 is 49.6 Å². The number of anilines is 3. The van der Waals surface area contributed by atoms with Gasteiger partial charge in [-0.1, -0.05) is 188 Å². The minimum absolute atomic E-state index is 0.876. The first-order valence-electron chi connectivity index (χ1n) is 20.7. The van der Waals surface area contributed by atoms with Crippen LogP contribution in [0.1, 0.15) is 0 Å². The SMILES string of the molecule is c1ccc(-c2ccc(N(c3ccc(-c4ccc5ccc6ccc7nc(-c8ccccc8)c(-c8ccccc8)nc7c6c5c4)cc3)c3cccc(-c4ccccc4)c3)cc2)cc1. The fourth-order valence-electron chi connectivity index (χ4n) is 8.57. The van der Waals surface area contributed by atoms with Crippen molar-refractivity contribution in [3.8, 4) is 55.9 Å². The second kappa shape index (κ2) is 15.6. The monoisotopic (exact) mass is 777 g/mol. The maximum atomic E-state index is 5.47. The molecule has 0 N–H and O–H groups in total. The zero-order valence-electron chi connectivity index (χ0n) is 33.4. The van der Waals surface area contributed by atoms with Crippen LogP contribution in [0.2, 0.25) is 0 Å². The summed E-state index contributed by atoms with van der Waals surface area (Å²) in [4.78, 5) is 13.1. The van der Waals surface area contributed by atoms with Gasteiger partial charge in [-0.25, -0.2) is 9.97 Å². The molecule has 0 amide bonds. The molecule has 0 unspecified atom stereocenters. The highest BCUT2D eigenvalue weighted by Gasteiger charge is 2.18. The van der Waals surface area contributed by atoms with E-state index >= 15 is 0 Å². The molecule has 1 aromatic heterocycles. The van der Waals surface area contributed by atoms with Gasteiger partial charge in [0.05, 0.1) is 22.4 Å². The van der Waals surface area contributed by atoms with Crippen LogP contribution in [0, 0.1) is 0 Å². The summed E-state index contributed by atoms with van der Waals surface area (Å²) in [6.07, 6.45) is 0. The number of aromatic nitrogens is 2. The van der Waals surface area contributed by atoms with Crippen LogP contribution in [0.25, 0.3) is 88.5 Å². The third-order valence-electron chi connectivity index (χ3n) is 11.6. The Morgan fingerprint density at radius 2 is 0.705 bits per heavy atom.